The lowest BCUT2D eigenvalue weighted by molar-refractivity contribution is -0.144. The van der Waals surface area contributed by atoms with E-state index in [-0.39, 0.29) is 24.2 Å². The van der Waals surface area contributed by atoms with Crippen molar-refractivity contribution in [2.75, 3.05) is 18.9 Å². The molecule has 1 amide bonds. The molecule has 0 bridgehead atoms. The number of ether oxygens (including phenoxy) is 1. The number of nitrogens with zero attached hydrogens (tertiary/aromatic N) is 2. The Morgan fingerprint density at radius 1 is 1.38 bits per heavy atom. The number of hydrogen-bond donors (Lipinski definition) is 2. The van der Waals surface area contributed by atoms with E-state index in [1.165, 1.54) is 4.90 Å². The summed E-state index contributed by atoms with van der Waals surface area (Å²) in [7, 11) is 0. The predicted molar refractivity (Wildman–Crippen MR) is 75.7 cm³/mol. The minimum Gasteiger partial charge on any atom is -0.465 e. The molecule has 2 saturated carbocycles. The average Bonchev–Trinajstić information content (AvgIpc) is 3.35. The molecule has 0 aliphatic heterocycles. The number of aromatic nitrogens is 2. The molecule has 1 heterocycles. The van der Waals surface area contributed by atoms with Crippen LogP contribution in [0.2, 0.25) is 0 Å². The Balaban J connectivity index is 1.76. The van der Waals surface area contributed by atoms with Crippen molar-refractivity contribution in [2.24, 2.45) is 0 Å². The van der Waals surface area contributed by atoms with E-state index in [0.29, 0.717) is 18.2 Å². The zero-order chi connectivity index (χ0) is 15.0. The van der Waals surface area contributed by atoms with Crippen molar-refractivity contribution in [3.05, 3.63) is 11.4 Å². The van der Waals surface area contributed by atoms with Crippen molar-refractivity contribution in [3.8, 4) is 0 Å². The lowest BCUT2D eigenvalue weighted by atomic mass is 10.2. The van der Waals surface area contributed by atoms with Crippen LogP contribution < -0.4 is 5.73 Å². The molecule has 0 saturated heterocycles. The normalized spacial score (nSPS) is 17.6. The Hall–Kier alpha value is -2.05. The summed E-state index contributed by atoms with van der Waals surface area (Å²) in [4.78, 5) is 25.8. The number of nitrogens with one attached hydrogen (secondary N) is 1. The van der Waals surface area contributed by atoms with Gasteiger partial charge in [0.15, 0.2) is 5.69 Å². The number of rotatable bonds is 6. The molecule has 0 atom stereocenters. The summed E-state index contributed by atoms with van der Waals surface area (Å²) in [6.07, 6.45) is 3.97. The van der Waals surface area contributed by atoms with Gasteiger partial charge in [-0.25, -0.2) is 0 Å². The van der Waals surface area contributed by atoms with Crippen LogP contribution in [0.1, 0.15) is 54.7 Å². The quantitative estimate of drug-likeness (QED) is 0.763. The van der Waals surface area contributed by atoms with Crippen LogP contribution in [0.25, 0.3) is 0 Å². The third-order valence-electron chi connectivity index (χ3n) is 3.87. The Kier molecular flexibility index (Phi) is 3.57. The first-order chi connectivity index (χ1) is 10.1. The number of carbonyl (C=O) groups excluding carboxylic acids is 2. The predicted octanol–water partition coefficient (Wildman–Crippen LogP) is 1.04. The van der Waals surface area contributed by atoms with Crippen LogP contribution in [0.4, 0.5) is 5.69 Å². The van der Waals surface area contributed by atoms with E-state index in [4.69, 9.17) is 10.5 Å². The third kappa shape index (κ3) is 2.86. The van der Waals surface area contributed by atoms with Gasteiger partial charge in [0.1, 0.15) is 6.54 Å². The number of anilines is 1. The molecule has 3 N–H and O–H groups in total. The molecular formula is C14H20N4O3. The van der Waals surface area contributed by atoms with Crippen LogP contribution in [0.5, 0.6) is 0 Å². The van der Waals surface area contributed by atoms with Crippen LogP contribution in [-0.2, 0) is 9.53 Å². The van der Waals surface area contributed by atoms with Gasteiger partial charge in [0.25, 0.3) is 5.91 Å². The fourth-order valence-corrected chi connectivity index (χ4v) is 2.45. The van der Waals surface area contributed by atoms with Gasteiger partial charge >= 0.3 is 5.97 Å². The number of amides is 1. The maximum Gasteiger partial charge on any atom is 0.325 e. The molecule has 21 heavy (non-hydrogen) atoms. The minimum atomic E-state index is -0.394. The molecule has 2 fully saturated rings. The first-order valence-corrected chi connectivity index (χ1v) is 7.42. The van der Waals surface area contributed by atoms with E-state index in [0.717, 1.165) is 31.4 Å². The largest absolute Gasteiger partial charge is 0.465 e. The van der Waals surface area contributed by atoms with Crippen molar-refractivity contribution in [1.29, 1.82) is 0 Å². The van der Waals surface area contributed by atoms with Crippen LogP contribution in [0.3, 0.4) is 0 Å². The number of nitrogens with two attached hydrogens (primary N) is 1. The van der Waals surface area contributed by atoms with Gasteiger partial charge in [-0.15, -0.1) is 0 Å². The third-order valence-corrected chi connectivity index (χ3v) is 3.87. The molecule has 2 aliphatic rings. The van der Waals surface area contributed by atoms with Crippen molar-refractivity contribution >= 4 is 17.6 Å². The molecule has 1 aromatic rings. The maximum atomic E-state index is 12.6. The second-order valence-electron chi connectivity index (χ2n) is 5.64. The number of aromatic amines is 1. The number of H-pyrrole nitrogens is 1. The van der Waals surface area contributed by atoms with Gasteiger partial charge in [0.05, 0.1) is 18.0 Å². The van der Waals surface area contributed by atoms with Gasteiger partial charge in [0, 0.05) is 12.0 Å². The zero-order valence-corrected chi connectivity index (χ0v) is 12.1. The van der Waals surface area contributed by atoms with Crippen molar-refractivity contribution in [1.82, 2.24) is 15.1 Å². The Morgan fingerprint density at radius 3 is 2.67 bits per heavy atom. The van der Waals surface area contributed by atoms with Crippen LogP contribution in [0, 0.1) is 0 Å². The summed E-state index contributed by atoms with van der Waals surface area (Å²) in [5, 5.41) is 6.94. The summed E-state index contributed by atoms with van der Waals surface area (Å²) in [6.45, 7) is 2.01. The fourth-order valence-electron chi connectivity index (χ4n) is 2.45. The number of nitrogen functional groups attached to an aromatic ring is 1. The molecule has 7 nitrogen and oxygen atoms in total. The molecule has 2 aliphatic carbocycles. The molecule has 0 unspecified atom stereocenters. The highest BCUT2D eigenvalue weighted by atomic mass is 16.5. The lowest BCUT2D eigenvalue weighted by Gasteiger charge is -2.20. The van der Waals surface area contributed by atoms with Crippen molar-refractivity contribution in [2.45, 2.75) is 44.6 Å². The number of carbonyl (C=O) groups is 2. The van der Waals surface area contributed by atoms with E-state index in [2.05, 4.69) is 10.2 Å². The van der Waals surface area contributed by atoms with E-state index in [1.54, 1.807) is 6.92 Å². The summed E-state index contributed by atoms with van der Waals surface area (Å²) < 4.78 is 4.93. The van der Waals surface area contributed by atoms with E-state index < -0.39 is 5.97 Å². The van der Waals surface area contributed by atoms with Crippen LogP contribution in [-0.4, -0.2) is 46.2 Å². The molecule has 3 rings (SSSR count). The SMILES string of the molecule is CCOC(=O)CN(C(=O)c1n[nH]c(C2CC2)c1N)C1CC1. The Bertz CT molecular complexity index is 561. The average molecular weight is 292 g/mol. The smallest absolute Gasteiger partial charge is 0.325 e. The number of esters is 1. The zero-order valence-electron chi connectivity index (χ0n) is 12.1. The van der Waals surface area contributed by atoms with Gasteiger partial charge in [-0.2, -0.15) is 5.10 Å². The standard InChI is InChI=1S/C14H20N4O3/c1-2-21-10(19)7-18(9-5-6-9)14(20)13-11(15)12(16-17-13)8-3-4-8/h8-9H,2-7,15H2,1H3,(H,16,17). The first-order valence-electron chi connectivity index (χ1n) is 7.42. The summed E-state index contributed by atoms with van der Waals surface area (Å²) >= 11 is 0. The molecule has 0 radical (unpaired) electrons. The lowest BCUT2D eigenvalue weighted by Crippen LogP contribution is -2.38. The van der Waals surface area contributed by atoms with Crippen LogP contribution in [0.15, 0.2) is 0 Å². The number of hydrogen-bond acceptors (Lipinski definition) is 5. The van der Waals surface area contributed by atoms with Crippen molar-refractivity contribution < 1.29 is 14.3 Å². The molecule has 114 valence electrons. The van der Waals surface area contributed by atoms with Crippen LogP contribution >= 0.6 is 0 Å². The maximum absolute atomic E-state index is 12.6. The topological polar surface area (TPSA) is 101 Å². The summed E-state index contributed by atoms with van der Waals surface area (Å²) in [5.74, 6) is -0.279. The van der Waals surface area contributed by atoms with E-state index in [9.17, 15) is 9.59 Å². The molecule has 0 aromatic carbocycles. The fraction of sp³-hybridized carbons (Fsp3) is 0.643. The van der Waals surface area contributed by atoms with E-state index in [1.807, 2.05) is 0 Å². The van der Waals surface area contributed by atoms with E-state index >= 15 is 0 Å². The van der Waals surface area contributed by atoms with Gasteiger partial charge in [-0.3, -0.25) is 14.7 Å². The molecule has 1 aromatic heterocycles. The molecule has 7 heteroatoms. The van der Waals surface area contributed by atoms with Gasteiger partial charge in [-0.05, 0) is 32.6 Å². The second kappa shape index (κ2) is 5.38. The minimum absolute atomic E-state index is 0.0393. The van der Waals surface area contributed by atoms with Crippen molar-refractivity contribution in [3.63, 3.8) is 0 Å². The highest BCUT2D eigenvalue weighted by molar-refractivity contribution is 5.99. The molecular weight excluding hydrogens is 272 g/mol. The molecule has 0 spiro atoms. The van der Waals surface area contributed by atoms with Gasteiger partial charge < -0.3 is 15.4 Å². The first kappa shape index (κ1) is 13.9. The van der Waals surface area contributed by atoms with Gasteiger partial charge in [0.2, 0.25) is 0 Å². The summed E-state index contributed by atoms with van der Waals surface area (Å²) in [6, 6.07) is 0.0994. The summed E-state index contributed by atoms with van der Waals surface area (Å²) in [5.41, 5.74) is 7.55. The Labute approximate surface area is 122 Å². The Morgan fingerprint density at radius 2 is 2.10 bits per heavy atom. The second-order valence-corrected chi connectivity index (χ2v) is 5.64. The highest BCUT2D eigenvalue weighted by Gasteiger charge is 2.38. The van der Waals surface area contributed by atoms with Gasteiger partial charge in [-0.1, -0.05) is 0 Å². The monoisotopic (exact) mass is 292 g/mol. The highest BCUT2D eigenvalue weighted by Crippen LogP contribution is 2.42.